The molecule has 0 aromatic rings. The van der Waals surface area contributed by atoms with Crippen LogP contribution in [-0.4, -0.2) is 19.1 Å². The molecule has 0 aliphatic carbocycles. The van der Waals surface area contributed by atoms with E-state index in [-0.39, 0.29) is 57.3 Å². The van der Waals surface area contributed by atoms with Crippen molar-refractivity contribution in [1.29, 1.82) is 0 Å². The van der Waals surface area contributed by atoms with Crippen LogP contribution in [0.2, 0.25) is 0 Å². The van der Waals surface area contributed by atoms with Crippen molar-refractivity contribution in [2.24, 2.45) is 5.92 Å². The summed E-state index contributed by atoms with van der Waals surface area (Å²) in [7, 11) is 0. The van der Waals surface area contributed by atoms with E-state index < -0.39 is 5.97 Å². The van der Waals surface area contributed by atoms with Crippen LogP contribution in [0.5, 0.6) is 0 Å². The third kappa shape index (κ3) is 2.12. The Morgan fingerprint density at radius 2 is 2.12 bits per heavy atom. The molecule has 1 fully saturated rings. The standard InChI is InChI=1S/C4H7NO2.K/c6-4(7)3-1-5-2-3;/h3,5H,1-2H2,(H,6,7);/q;+1/p-1. The summed E-state index contributed by atoms with van der Waals surface area (Å²) in [4.78, 5) is 9.83. The predicted molar refractivity (Wildman–Crippen MR) is 21.4 cm³/mol. The van der Waals surface area contributed by atoms with E-state index in [0.29, 0.717) is 13.1 Å². The second-order valence-electron chi connectivity index (χ2n) is 1.67. The van der Waals surface area contributed by atoms with Gasteiger partial charge in [0, 0.05) is 25.0 Å². The summed E-state index contributed by atoms with van der Waals surface area (Å²) in [5.41, 5.74) is 0. The maximum atomic E-state index is 9.83. The molecule has 0 saturated carbocycles. The molecule has 0 aromatic carbocycles. The third-order valence-electron chi connectivity index (χ3n) is 1.11. The molecule has 8 heavy (non-hydrogen) atoms. The van der Waals surface area contributed by atoms with E-state index in [1.807, 2.05) is 0 Å². The molecule has 0 unspecified atom stereocenters. The Labute approximate surface area is 90.3 Å². The van der Waals surface area contributed by atoms with Crippen LogP contribution in [0.3, 0.4) is 0 Å². The molecule has 0 aromatic heterocycles. The topological polar surface area (TPSA) is 52.2 Å². The van der Waals surface area contributed by atoms with Gasteiger partial charge in [-0.15, -0.1) is 0 Å². The molecule has 1 heterocycles. The fourth-order valence-corrected chi connectivity index (χ4v) is 0.455. The van der Waals surface area contributed by atoms with Gasteiger partial charge in [-0.2, -0.15) is 0 Å². The van der Waals surface area contributed by atoms with E-state index in [4.69, 9.17) is 0 Å². The molecule has 3 nitrogen and oxygen atoms in total. The summed E-state index contributed by atoms with van der Waals surface area (Å²) in [6.45, 7) is 1.17. The van der Waals surface area contributed by atoms with Crippen molar-refractivity contribution in [3.05, 3.63) is 0 Å². The number of hydrogen-bond donors (Lipinski definition) is 1. The summed E-state index contributed by atoms with van der Waals surface area (Å²) in [5.74, 6) is -1.15. The van der Waals surface area contributed by atoms with E-state index in [1.54, 1.807) is 0 Å². The van der Waals surface area contributed by atoms with Crippen molar-refractivity contribution in [1.82, 2.24) is 5.32 Å². The van der Waals surface area contributed by atoms with Gasteiger partial charge in [0.1, 0.15) is 0 Å². The second kappa shape index (κ2) is 3.97. The molecule has 4 heteroatoms. The van der Waals surface area contributed by atoms with Crippen LogP contribution in [0.4, 0.5) is 0 Å². The van der Waals surface area contributed by atoms with Crippen molar-refractivity contribution in [2.45, 2.75) is 0 Å². The Bertz CT molecular complexity index is 92.0. The summed E-state index contributed by atoms with van der Waals surface area (Å²) in [5, 5.41) is 12.7. The molecule has 0 atom stereocenters. The van der Waals surface area contributed by atoms with Gasteiger partial charge in [0.2, 0.25) is 0 Å². The van der Waals surface area contributed by atoms with Gasteiger partial charge in [-0.3, -0.25) is 0 Å². The molecule has 1 rings (SSSR count). The van der Waals surface area contributed by atoms with Gasteiger partial charge < -0.3 is 15.2 Å². The predicted octanol–water partition coefficient (Wildman–Crippen LogP) is -5.04. The first-order valence-electron chi connectivity index (χ1n) is 2.22. The van der Waals surface area contributed by atoms with Gasteiger partial charge >= 0.3 is 51.4 Å². The normalized spacial score (nSPS) is 18.5. The molecule has 1 N–H and O–H groups in total. The molecule has 40 valence electrons. The van der Waals surface area contributed by atoms with Gasteiger partial charge in [0.25, 0.3) is 0 Å². The quantitative estimate of drug-likeness (QED) is 0.370. The Morgan fingerprint density at radius 3 is 2.12 bits per heavy atom. The fraction of sp³-hybridized carbons (Fsp3) is 0.750. The molecule has 0 amide bonds. The summed E-state index contributed by atoms with van der Waals surface area (Å²) >= 11 is 0. The minimum atomic E-state index is -0.932. The van der Waals surface area contributed by atoms with Crippen molar-refractivity contribution >= 4 is 5.97 Å². The number of carbonyl (C=O) groups excluding carboxylic acids is 1. The van der Waals surface area contributed by atoms with Gasteiger partial charge in [0.05, 0.1) is 0 Å². The zero-order chi connectivity index (χ0) is 5.28. The molecule has 0 bridgehead atoms. The van der Waals surface area contributed by atoms with Gasteiger partial charge in [0.15, 0.2) is 0 Å². The summed E-state index contributed by atoms with van der Waals surface area (Å²) < 4.78 is 0. The Balaban J connectivity index is 0.000000490. The van der Waals surface area contributed by atoms with E-state index in [1.165, 1.54) is 0 Å². The summed E-state index contributed by atoms with van der Waals surface area (Å²) in [6, 6.07) is 0. The van der Waals surface area contributed by atoms with Crippen LogP contribution in [0, 0.1) is 5.92 Å². The van der Waals surface area contributed by atoms with Crippen molar-refractivity contribution in [3.8, 4) is 0 Å². The second-order valence-corrected chi connectivity index (χ2v) is 1.67. The van der Waals surface area contributed by atoms with Gasteiger partial charge in [-0.25, -0.2) is 0 Å². The number of aliphatic carboxylic acids is 1. The number of carbonyl (C=O) groups is 1. The monoisotopic (exact) mass is 139 g/mol. The van der Waals surface area contributed by atoms with E-state index in [9.17, 15) is 9.90 Å². The minimum Gasteiger partial charge on any atom is -0.550 e. The Kier molecular flexibility index (Phi) is 4.50. The minimum absolute atomic E-state index is 0. The number of carboxylic acids is 1. The van der Waals surface area contributed by atoms with E-state index in [2.05, 4.69) is 5.32 Å². The van der Waals surface area contributed by atoms with Crippen molar-refractivity contribution in [3.63, 3.8) is 0 Å². The maximum absolute atomic E-state index is 9.83. The molecular weight excluding hydrogens is 133 g/mol. The molecular formula is C4H6KNO2. The molecule has 1 aliphatic rings. The van der Waals surface area contributed by atoms with E-state index >= 15 is 0 Å². The average molecular weight is 139 g/mol. The number of carboxylic acid groups (broad SMARTS) is 1. The first kappa shape index (κ1) is 9.07. The Hall–Kier alpha value is 1.07. The van der Waals surface area contributed by atoms with Crippen LogP contribution in [-0.2, 0) is 4.79 Å². The first-order chi connectivity index (χ1) is 3.30. The molecule has 0 radical (unpaired) electrons. The van der Waals surface area contributed by atoms with Crippen LogP contribution in [0.1, 0.15) is 0 Å². The Morgan fingerprint density at radius 1 is 1.62 bits per heavy atom. The SMILES string of the molecule is O=C([O-])C1CNC1.[K+]. The van der Waals surface area contributed by atoms with Crippen LogP contribution in [0.15, 0.2) is 0 Å². The fourth-order valence-electron chi connectivity index (χ4n) is 0.455. The van der Waals surface area contributed by atoms with Gasteiger partial charge in [-0.05, 0) is 0 Å². The summed E-state index contributed by atoms with van der Waals surface area (Å²) in [6.07, 6.45) is 0. The zero-order valence-electron chi connectivity index (χ0n) is 4.81. The third-order valence-corrected chi connectivity index (χ3v) is 1.11. The van der Waals surface area contributed by atoms with Gasteiger partial charge in [-0.1, -0.05) is 0 Å². The van der Waals surface area contributed by atoms with Crippen LogP contribution in [0.25, 0.3) is 0 Å². The first-order valence-corrected chi connectivity index (χ1v) is 2.22. The van der Waals surface area contributed by atoms with Crippen molar-refractivity contribution in [2.75, 3.05) is 13.1 Å². The van der Waals surface area contributed by atoms with E-state index in [0.717, 1.165) is 0 Å². The maximum Gasteiger partial charge on any atom is 1.00 e. The van der Waals surface area contributed by atoms with Crippen LogP contribution >= 0.6 is 0 Å². The molecule has 1 saturated heterocycles. The largest absolute Gasteiger partial charge is 1.00 e. The van der Waals surface area contributed by atoms with Crippen molar-refractivity contribution < 1.29 is 61.3 Å². The molecule has 1 aliphatic heterocycles. The zero-order valence-corrected chi connectivity index (χ0v) is 7.93. The average Bonchev–Trinajstić information content (AvgIpc) is 1.23. The molecule has 0 spiro atoms. The van der Waals surface area contributed by atoms with Crippen LogP contribution < -0.4 is 61.8 Å². The number of rotatable bonds is 1. The number of hydrogen-bond acceptors (Lipinski definition) is 3. The number of nitrogens with one attached hydrogen (secondary N) is 1. The smallest absolute Gasteiger partial charge is 0.550 e.